The van der Waals surface area contributed by atoms with Gasteiger partial charge in [0.25, 0.3) is 0 Å². The minimum Gasteiger partial charge on any atom is -0.353 e. The van der Waals surface area contributed by atoms with E-state index in [1.54, 1.807) is 19.2 Å². The van der Waals surface area contributed by atoms with Gasteiger partial charge in [0.2, 0.25) is 0 Å². The van der Waals surface area contributed by atoms with E-state index in [1.165, 1.54) is 0 Å². The molecule has 0 unspecified atom stereocenters. The zero-order chi connectivity index (χ0) is 13.3. The molecule has 0 bridgehead atoms. The van der Waals surface area contributed by atoms with Crippen LogP contribution in [0.2, 0.25) is 0 Å². The lowest BCUT2D eigenvalue weighted by Gasteiger charge is -2.16. The van der Waals surface area contributed by atoms with E-state index in [0.29, 0.717) is 26.1 Å². The van der Waals surface area contributed by atoms with Crippen LogP contribution in [-0.2, 0) is 14.3 Å². The standard InChI is InChI=1S/C10H18F3NO3/c1-3-16-8(17-4-2)6-5-7-14-9(15)10(11,12)13/h8H,3-7H2,1-2H3,(H,14,15). The van der Waals surface area contributed by atoms with E-state index in [1.807, 2.05) is 0 Å². The van der Waals surface area contributed by atoms with Crippen LogP contribution in [-0.4, -0.2) is 38.1 Å². The number of hydrogen-bond acceptors (Lipinski definition) is 3. The molecule has 0 rings (SSSR count). The third-order valence-electron chi connectivity index (χ3n) is 1.86. The Morgan fingerprint density at radius 3 is 2.18 bits per heavy atom. The van der Waals surface area contributed by atoms with Crippen molar-refractivity contribution in [2.75, 3.05) is 19.8 Å². The van der Waals surface area contributed by atoms with E-state index in [-0.39, 0.29) is 6.54 Å². The first-order valence-corrected chi connectivity index (χ1v) is 5.50. The molecule has 0 aromatic carbocycles. The van der Waals surface area contributed by atoms with Gasteiger partial charge in [-0.15, -0.1) is 0 Å². The van der Waals surface area contributed by atoms with E-state index in [0.717, 1.165) is 0 Å². The molecule has 0 spiro atoms. The molecule has 7 heteroatoms. The summed E-state index contributed by atoms with van der Waals surface area (Å²) in [6.07, 6.45) is -4.43. The molecule has 0 aliphatic heterocycles. The molecule has 1 amide bonds. The summed E-state index contributed by atoms with van der Waals surface area (Å²) in [7, 11) is 0. The Balaban J connectivity index is 3.71. The van der Waals surface area contributed by atoms with Gasteiger partial charge in [0, 0.05) is 26.2 Å². The monoisotopic (exact) mass is 257 g/mol. The first kappa shape index (κ1) is 16.2. The van der Waals surface area contributed by atoms with Crippen molar-refractivity contribution < 1.29 is 27.4 Å². The number of alkyl halides is 3. The highest BCUT2D eigenvalue weighted by atomic mass is 19.4. The number of carbonyl (C=O) groups excluding carboxylic acids is 1. The SMILES string of the molecule is CCOC(CCCNC(=O)C(F)(F)F)OCC. The first-order chi connectivity index (χ1) is 7.91. The minimum absolute atomic E-state index is 0.0466. The van der Waals surface area contributed by atoms with Crippen LogP contribution in [0.25, 0.3) is 0 Å². The summed E-state index contributed by atoms with van der Waals surface area (Å²) in [6, 6.07) is 0. The normalized spacial score (nSPS) is 11.9. The molecular weight excluding hydrogens is 239 g/mol. The quantitative estimate of drug-likeness (QED) is 0.533. The number of carbonyl (C=O) groups is 1. The molecule has 0 radical (unpaired) electrons. The second-order valence-corrected chi connectivity index (χ2v) is 3.24. The Kier molecular flexibility index (Phi) is 7.90. The third kappa shape index (κ3) is 7.98. The predicted octanol–water partition coefficient (Wildman–Crippen LogP) is 1.84. The molecule has 0 fully saturated rings. The van der Waals surface area contributed by atoms with Crippen LogP contribution in [0.15, 0.2) is 0 Å². The van der Waals surface area contributed by atoms with Gasteiger partial charge < -0.3 is 14.8 Å². The second-order valence-electron chi connectivity index (χ2n) is 3.24. The van der Waals surface area contributed by atoms with Crippen molar-refractivity contribution in [3.63, 3.8) is 0 Å². The molecule has 102 valence electrons. The van der Waals surface area contributed by atoms with Crippen molar-refractivity contribution in [3.8, 4) is 0 Å². The Hall–Kier alpha value is -0.820. The van der Waals surface area contributed by atoms with Crippen LogP contribution in [0.1, 0.15) is 26.7 Å². The molecule has 0 atom stereocenters. The second kappa shape index (κ2) is 8.30. The zero-order valence-corrected chi connectivity index (χ0v) is 9.97. The van der Waals surface area contributed by atoms with Crippen LogP contribution >= 0.6 is 0 Å². The first-order valence-electron chi connectivity index (χ1n) is 5.50. The Bertz CT molecular complexity index is 215. The van der Waals surface area contributed by atoms with Crippen LogP contribution in [0.4, 0.5) is 13.2 Å². The van der Waals surface area contributed by atoms with E-state index in [4.69, 9.17) is 9.47 Å². The predicted molar refractivity (Wildman–Crippen MR) is 55.3 cm³/mol. The van der Waals surface area contributed by atoms with E-state index in [9.17, 15) is 18.0 Å². The number of amides is 1. The smallest absolute Gasteiger partial charge is 0.353 e. The summed E-state index contributed by atoms with van der Waals surface area (Å²) in [5.41, 5.74) is 0. The molecule has 0 aliphatic carbocycles. The number of hydrogen-bond donors (Lipinski definition) is 1. The van der Waals surface area contributed by atoms with Gasteiger partial charge in [-0.1, -0.05) is 0 Å². The average Bonchev–Trinajstić information content (AvgIpc) is 2.23. The van der Waals surface area contributed by atoms with Gasteiger partial charge in [-0.3, -0.25) is 4.79 Å². The van der Waals surface area contributed by atoms with Gasteiger partial charge in [-0.25, -0.2) is 0 Å². The van der Waals surface area contributed by atoms with Crippen LogP contribution in [0.3, 0.4) is 0 Å². The molecule has 0 saturated heterocycles. The van der Waals surface area contributed by atoms with Crippen molar-refractivity contribution >= 4 is 5.91 Å². The van der Waals surface area contributed by atoms with E-state index in [2.05, 4.69) is 0 Å². The van der Waals surface area contributed by atoms with Crippen molar-refractivity contribution in [1.29, 1.82) is 0 Å². The fourth-order valence-corrected chi connectivity index (χ4v) is 1.16. The van der Waals surface area contributed by atoms with Gasteiger partial charge in [-0.2, -0.15) is 13.2 Å². The lowest BCUT2D eigenvalue weighted by atomic mass is 10.3. The van der Waals surface area contributed by atoms with Crippen molar-refractivity contribution in [2.24, 2.45) is 0 Å². The highest BCUT2D eigenvalue weighted by Crippen LogP contribution is 2.14. The summed E-state index contributed by atoms with van der Waals surface area (Å²) in [5.74, 6) is -1.91. The highest BCUT2D eigenvalue weighted by molar-refractivity contribution is 5.81. The van der Waals surface area contributed by atoms with Gasteiger partial charge in [-0.05, 0) is 20.3 Å². The molecular formula is C10H18F3NO3. The average molecular weight is 257 g/mol. The summed E-state index contributed by atoms with van der Waals surface area (Å²) in [5, 5.41) is 1.79. The van der Waals surface area contributed by atoms with Crippen LogP contribution in [0, 0.1) is 0 Å². The van der Waals surface area contributed by atoms with Crippen molar-refractivity contribution in [3.05, 3.63) is 0 Å². The lowest BCUT2D eigenvalue weighted by Crippen LogP contribution is -2.37. The molecule has 0 aliphatic rings. The van der Waals surface area contributed by atoms with Gasteiger partial charge in [0.15, 0.2) is 6.29 Å². The molecule has 1 N–H and O–H groups in total. The molecule has 0 saturated carbocycles. The lowest BCUT2D eigenvalue weighted by molar-refractivity contribution is -0.173. The largest absolute Gasteiger partial charge is 0.471 e. The minimum atomic E-state index is -4.82. The Morgan fingerprint density at radius 1 is 1.24 bits per heavy atom. The molecule has 0 aromatic heterocycles. The maximum atomic E-state index is 11.8. The number of halogens is 3. The fourth-order valence-electron chi connectivity index (χ4n) is 1.16. The van der Waals surface area contributed by atoms with Crippen LogP contribution in [0.5, 0.6) is 0 Å². The zero-order valence-electron chi connectivity index (χ0n) is 9.97. The number of nitrogens with one attached hydrogen (secondary N) is 1. The van der Waals surface area contributed by atoms with Gasteiger partial charge >= 0.3 is 12.1 Å². The van der Waals surface area contributed by atoms with Crippen molar-refractivity contribution in [2.45, 2.75) is 39.2 Å². The summed E-state index contributed by atoms with van der Waals surface area (Å²) < 4.78 is 45.8. The number of rotatable bonds is 8. The number of ether oxygens (including phenoxy) is 2. The van der Waals surface area contributed by atoms with E-state index < -0.39 is 18.4 Å². The maximum absolute atomic E-state index is 11.8. The third-order valence-corrected chi connectivity index (χ3v) is 1.86. The molecule has 0 aromatic rings. The summed E-state index contributed by atoms with van der Waals surface area (Å²) in [4.78, 5) is 10.5. The Morgan fingerprint density at radius 2 is 1.76 bits per heavy atom. The fraction of sp³-hybridized carbons (Fsp3) is 0.900. The maximum Gasteiger partial charge on any atom is 0.471 e. The highest BCUT2D eigenvalue weighted by Gasteiger charge is 2.38. The molecule has 4 nitrogen and oxygen atoms in total. The topological polar surface area (TPSA) is 47.6 Å². The van der Waals surface area contributed by atoms with Crippen LogP contribution < -0.4 is 5.32 Å². The van der Waals surface area contributed by atoms with Crippen molar-refractivity contribution in [1.82, 2.24) is 5.32 Å². The summed E-state index contributed by atoms with van der Waals surface area (Å²) in [6.45, 7) is 4.50. The molecule has 17 heavy (non-hydrogen) atoms. The summed E-state index contributed by atoms with van der Waals surface area (Å²) >= 11 is 0. The van der Waals surface area contributed by atoms with Gasteiger partial charge in [0.05, 0.1) is 0 Å². The Labute approximate surface area is 98.5 Å². The van der Waals surface area contributed by atoms with Gasteiger partial charge in [0.1, 0.15) is 0 Å². The van der Waals surface area contributed by atoms with E-state index >= 15 is 0 Å². The molecule has 0 heterocycles.